The predicted octanol–water partition coefficient (Wildman–Crippen LogP) is 15.8. The van der Waals surface area contributed by atoms with Crippen molar-refractivity contribution in [3.05, 3.63) is 247 Å². The number of rotatable bonds is 6. The van der Waals surface area contributed by atoms with E-state index in [9.17, 15) is 0 Å². The summed E-state index contributed by atoms with van der Waals surface area (Å²) in [5, 5.41) is 8.78. The van der Waals surface area contributed by atoms with Gasteiger partial charge in [0.2, 0.25) is 0 Å². The number of hydrogen-bond acceptors (Lipinski definition) is 1. The first kappa shape index (κ1) is 37.4. The van der Waals surface area contributed by atoms with E-state index >= 15 is 0 Å². The minimum absolute atomic E-state index is 0.0345. The van der Waals surface area contributed by atoms with Crippen LogP contribution in [0.2, 0.25) is 0 Å². The molecular formula is C62H45N3. The van der Waals surface area contributed by atoms with Gasteiger partial charge in [-0.05, 0) is 128 Å². The lowest BCUT2D eigenvalue weighted by molar-refractivity contribution is 0.660. The van der Waals surface area contributed by atoms with Crippen LogP contribution in [0.5, 0.6) is 0 Å². The van der Waals surface area contributed by atoms with Crippen molar-refractivity contribution in [1.82, 2.24) is 14.5 Å². The van der Waals surface area contributed by atoms with Crippen LogP contribution in [0.3, 0.4) is 0 Å². The molecule has 1 atom stereocenters. The molecule has 0 amide bonds. The smallest absolute Gasteiger partial charge is 0.0701 e. The first-order valence-electron chi connectivity index (χ1n) is 22.7. The maximum atomic E-state index is 3.81. The molecule has 1 aliphatic carbocycles. The molecule has 1 aliphatic heterocycles. The SMILES string of the molecule is CC1(C)c2ccccc2-c2cc(-c3ccc4c(c3)c3cc(-c5ccc6c7ccccc7n(-c7ccccc7)c6c5)ccc3n4-c3cccc(C4=CC=CC(c5ccccc5)N4)c3)ccc21. The lowest BCUT2D eigenvalue weighted by Crippen LogP contribution is -2.20. The predicted molar refractivity (Wildman–Crippen MR) is 273 cm³/mol. The average Bonchev–Trinajstić information content (AvgIpc) is 3.96. The fraction of sp³-hybridized carbons (Fsp3) is 0.0645. The number of para-hydroxylation sites is 2. The van der Waals surface area contributed by atoms with E-state index in [2.05, 4.69) is 253 Å². The molecule has 3 nitrogen and oxygen atoms in total. The third-order valence-corrected chi connectivity index (χ3v) is 14.2. The van der Waals surface area contributed by atoms with Crippen LogP contribution >= 0.6 is 0 Å². The number of fused-ring (bicyclic) bond motifs is 9. The second-order valence-corrected chi connectivity index (χ2v) is 18.2. The first-order chi connectivity index (χ1) is 32.0. The van der Waals surface area contributed by atoms with Gasteiger partial charge in [0, 0.05) is 44.0 Å². The van der Waals surface area contributed by atoms with Gasteiger partial charge in [0.05, 0.1) is 28.1 Å². The van der Waals surface area contributed by atoms with Gasteiger partial charge in [0.25, 0.3) is 0 Å². The van der Waals surface area contributed by atoms with E-state index in [1.807, 2.05) is 0 Å². The highest BCUT2D eigenvalue weighted by atomic mass is 15.0. The average molecular weight is 832 g/mol. The molecule has 3 heterocycles. The quantitative estimate of drug-likeness (QED) is 0.177. The molecule has 0 saturated heterocycles. The van der Waals surface area contributed by atoms with Crippen molar-refractivity contribution in [3.63, 3.8) is 0 Å². The zero-order valence-corrected chi connectivity index (χ0v) is 36.3. The Morgan fingerprint density at radius 2 is 0.985 bits per heavy atom. The van der Waals surface area contributed by atoms with E-state index in [1.165, 1.54) is 93.7 Å². The third-order valence-electron chi connectivity index (χ3n) is 14.2. The Bertz CT molecular complexity index is 3770. The monoisotopic (exact) mass is 831 g/mol. The summed E-state index contributed by atoms with van der Waals surface area (Å²) in [6, 6.07) is 76.3. The Balaban J connectivity index is 0.985. The van der Waals surface area contributed by atoms with Crippen LogP contribution in [0.25, 0.3) is 94.1 Å². The van der Waals surface area contributed by atoms with Crippen molar-refractivity contribution in [2.45, 2.75) is 25.3 Å². The van der Waals surface area contributed by atoms with Crippen LogP contribution in [0.4, 0.5) is 0 Å². The summed E-state index contributed by atoms with van der Waals surface area (Å²) in [6.07, 6.45) is 6.59. The van der Waals surface area contributed by atoms with E-state index < -0.39 is 0 Å². The third kappa shape index (κ3) is 5.89. The zero-order chi connectivity index (χ0) is 43.2. The maximum absolute atomic E-state index is 3.81. The molecule has 0 spiro atoms. The second-order valence-electron chi connectivity index (χ2n) is 18.2. The maximum Gasteiger partial charge on any atom is 0.0701 e. The Labute approximate surface area is 378 Å². The number of nitrogens with one attached hydrogen (secondary N) is 1. The van der Waals surface area contributed by atoms with E-state index in [0.29, 0.717) is 0 Å². The molecular weight excluding hydrogens is 787 g/mol. The molecule has 0 bridgehead atoms. The van der Waals surface area contributed by atoms with Crippen LogP contribution < -0.4 is 5.32 Å². The van der Waals surface area contributed by atoms with Crippen LogP contribution in [0.1, 0.15) is 42.1 Å². The van der Waals surface area contributed by atoms with Gasteiger partial charge in [0.1, 0.15) is 0 Å². The summed E-state index contributed by atoms with van der Waals surface area (Å²) in [5.41, 5.74) is 20.8. The zero-order valence-electron chi connectivity index (χ0n) is 36.3. The molecule has 308 valence electrons. The minimum Gasteiger partial charge on any atom is -0.374 e. The first-order valence-corrected chi connectivity index (χ1v) is 22.7. The standard InChI is InChI=1S/C62H45N3/c1-62(2)54-23-11-9-21-48(54)51-36-41(28-32-55(51)62)42-29-33-59-52(37-42)53-38-43(44-27-31-50-49-22-10-12-26-58(49)64(61(50)39-44)46-18-7-4-8-19-46)30-34-60(53)65(59)47-20-13-17-45(35-47)57-25-14-24-56(63-57)40-15-5-3-6-16-40/h3-39,56,63H,1-2H3. The van der Waals surface area contributed by atoms with Crippen molar-refractivity contribution >= 4 is 49.3 Å². The van der Waals surface area contributed by atoms with Crippen molar-refractivity contribution in [3.8, 4) is 44.8 Å². The van der Waals surface area contributed by atoms with Gasteiger partial charge in [-0.1, -0.05) is 166 Å². The lowest BCUT2D eigenvalue weighted by Gasteiger charge is -2.23. The molecule has 0 fully saturated rings. The molecule has 2 aromatic heterocycles. The molecule has 2 aliphatic rings. The largest absolute Gasteiger partial charge is 0.374 e. The van der Waals surface area contributed by atoms with Crippen molar-refractivity contribution in [1.29, 1.82) is 0 Å². The minimum atomic E-state index is -0.0345. The van der Waals surface area contributed by atoms with Crippen LogP contribution in [0.15, 0.2) is 224 Å². The molecule has 11 aromatic rings. The number of dihydropyridines is 1. The van der Waals surface area contributed by atoms with Crippen LogP contribution in [-0.2, 0) is 5.41 Å². The number of hydrogen-bond donors (Lipinski definition) is 1. The van der Waals surface area contributed by atoms with Gasteiger partial charge in [-0.2, -0.15) is 0 Å². The summed E-state index contributed by atoms with van der Waals surface area (Å²) in [7, 11) is 0. The van der Waals surface area contributed by atoms with Crippen molar-refractivity contribution < 1.29 is 0 Å². The Hall–Kier alpha value is -8.14. The molecule has 1 N–H and O–H groups in total. The summed E-state index contributed by atoms with van der Waals surface area (Å²) in [5.74, 6) is 0. The fourth-order valence-corrected chi connectivity index (χ4v) is 10.9. The fourth-order valence-electron chi connectivity index (χ4n) is 10.9. The number of aromatic nitrogens is 2. The molecule has 0 saturated carbocycles. The van der Waals surface area contributed by atoms with Crippen molar-refractivity contribution in [2.24, 2.45) is 0 Å². The number of nitrogens with zero attached hydrogens (tertiary/aromatic N) is 2. The molecule has 3 heteroatoms. The highest BCUT2D eigenvalue weighted by Gasteiger charge is 2.35. The molecule has 13 rings (SSSR count). The van der Waals surface area contributed by atoms with Gasteiger partial charge in [-0.15, -0.1) is 0 Å². The molecule has 0 radical (unpaired) electrons. The second kappa shape index (κ2) is 14.5. The van der Waals surface area contributed by atoms with Gasteiger partial charge in [-0.25, -0.2) is 0 Å². The Morgan fingerprint density at radius 1 is 0.400 bits per heavy atom. The summed E-state index contributed by atoms with van der Waals surface area (Å²) in [6.45, 7) is 4.70. The highest BCUT2D eigenvalue weighted by molar-refractivity contribution is 6.13. The molecule has 1 unspecified atom stereocenters. The van der Waals surface area contributed by atoms with Gasteiger partial charge >= 0.3 is 0 Å². The Morgan fingerprint density at radius 3 is 1.78 bits per heavy atom. The van der Waals surface area contributed by atoms with Crippen LogP contribution in [0, 0.1) is 0 Å². The summed E-state index contributed by atoms with van der Waals surface area (Å²) < 4.78 is 4.86. The lowest BCUT2D eigenvalue weighted by atomic mass is 9.82. The van der Waals surface area contributed by atoms with Gasteiger partial charge < -0.3 is 14.5 Å². The van der Waals surface area contributed by atoms with Gasteiger partial charge in [-0.3, -0.25) is 0 Å². The number of benzene rings is 9. The highest BCUT2D eigenvalue weighted by Crippen LogP contribution is 2.50. The topological polar surface area (TPSA) is 21.9 Å². The van der Waals surface area contributed by atoms with Gasteiger partial charge in [0.15, 0.2) is 0 Å². The van der Waals surface area contributed by atoms with E-state index in [1.54, 1.807) is 0 Å². The molecule has 65 heavy (non-hydrogen) atoms. The molecule has 9 aromatic carbocycles. The van der Waals surface area contributed by atoms with Crippen LogP contribution in [-0.4, -0.2) is 9.13 Å². The summed E-state index contributed by atoms with van der Waals surface area (Å²) in [4.78, 5) is 0. The summed E-state index contributed by atoms with van der Waals surface area (Å²) >= 11 is 0. The normalized spacial score (nSPS) is 15.0. The van der Waals surface area contributed by atoms with E-state index in [0.717, 1.165) is 22.6 Å². The van der Waals surface area contributed by atoms with Crippen molar-refractivity contribution in [2.75, 3.05) is 0 Å². The van der Waals surface area contributed by atoms with E-state index in [4.69, 9.17) is 0 Å². The van der Waals surface area contributed by atoms with E-state index in [-0.39, 0.29) is 11.5 Å². The Kier molecular flexibility index (Phi) is 8.32. The number of allylic oxidation sites excluding steroid dienone is 2.